The molecule has 1 amide bonds. The summed E-state index contributed by atoms with van der Waals surface area (Å²) in [7, 11) is -3.85. The summed E-state index contributed by atoms with van der Waals surface area (Å²) in [6.07, 6.45) is -4.60. The summed E-state index contributed by atoms with van der Waals surface area (Å²) in [5.74, 6) is -0.324. The first-order valence-electron chi connectivity index (χ1n) is 12.8. The second-order valence-electron chi connectivity index (χ2n) is 9.44. The van der Waals surface area contributed by atoms with Crippen LogP contribution in [-0.2, 0) is 25.7 Å². The molecule has 9 nitrogen and oxygen atoms in total. The minimum absolute atomic E-state index is 0.00669. The van der Waals surface area contributed by atoms with Crippen molar-refractivity contribution in [2.75, 3.05) is 37.4 Å². The van der Waals surface area contributed by atoms with E-state index in [1.54, 1.807) is 12.1 Å². The molecule has 14 heteroatoms. The Morgan fingerprint density at radius 3 is 2.48 bits per heavy atom. The van der Waals surface area contributed by atoms with Gasteiger partial charge in [0, 0.05) is 24.3 Å². The van der Waals surface area contributed by atoms with Crippen molar-refractivity contribution in [3.8, 4) is 17.1 Å². The van der Waals surface area contributed by atoms with Gasteiger partial charge in [0.25, 0.3) is 0 Å². The smallest absolute Gasteiger partial charge is 0.379 e. The third kappa shape index (κ3) is 6.67. The zero-order valence-corrected chi connectivity index (χ0v) is 24.0. The molecule has 2 heterocycles. The predicted molar refractivity (Wildman–Crippen MR) is 152 cm³/mol. The molecular weight excluding hydrogens is 591 g/mol. The van der Waals surface area contributed by atoms with E-state index in [-0.39, 0.29) is 59.5 Å². The van der Waals surface area contributed by atoms with Crippen LogP contribution in [0, 0.1) is 6.92 Å². The number of halogens is 3. The minimum atomic E-state index is -4.60. The lowest BCUT2D eigenvalue weighted by Gasteiger charge is -2.26. The van der Waals surface area contributed by atoms with E-state index in [1.807, 2.05) is 25.1 Å². The molecule has 0 aliphatic carbocycles. The molecule has 3 aromatic carbocycles. The van der Waals surface area contributed by atoms with Gasteiger partial charge in [-0.3, -0.25) is 9.36 Å². The van der Waals surface area contributed by atoms with Crippen molar-refractivity contribution in [2.24, 2.45) is 0 Å². The molecule has 5 rings (SSSR count). The highest BCUT2D eigenvalue weighted by atomic mass is 32.2. The van der Waals surface area contributed by atoms with Crippen LogP contribution in [0.5, 0.6) is 0 Å². The van der Waals surface area contributed by atoms with Gasteiger partial charge in [0.2, 0.25) is 15.9 Å². The number of hydrogen-bond donors (Lipinski definition) is 1. The van der Waals surface area contributed by atoms with Gasteiger partial charge in [0.15, 0.2) is 11.0 Å². The SMILES string of the molecule is Cc1cccc(NC(=O)CSc2nnc(-c3cccc(S(=O)(=O)N4CCOCC4)c3)n2-c2cccc(C(F)(F)F)c2)c1. The van der Waals surface area contributed by atoms with Crippen molar-refractivity contribution in [1.82, 2.24) is 19.1 Å². The van der Waals surface area contributed by atoms with Crippen LogP contribution in [0.4, 0.5) is 18.9 Å². The molecule has 1 aliphatic rings. The molecule has 1 aliphatic heterocycles. The van der Waals surface area contributed by atoms with Crippen LogP contribution in [0.15, 0.2) is 82.8 Å². The van der Waals surface area contributed by atoms with Crippen molar-refractivity contribution in [3.05, 3.63) is 83.9 Å². The summed E-state index contributed by atoms with van der Waals surface area (Å²) in [4.78, 5) is 12.7. The quantitative estimate of drug-likeness (QED) is 0.277. The molecule has 1 fully saturated rings. The molecule has 0 atom stereocenters. The summed E-state index contributed by atoms with van der Waals surface area (Å²) in [6, 6.07) is 17.9. The van der Waals surface area contributed by atoms with Crippen LogP contribution in [0.25, 0.3) is 17.1 Å². The van der Waals surface area contributed by atoms with Gasteiger partial charge in [0.1, 0.15) is 0 Å². The zero-order valence-electron chi connectivity index (χ0n) is 22.3. The first-order valence-corrected chi connectivity index (χ1v) is 15.3. The Morgan fingerprint density at radius 2 is 1.74 bits per heavy atom. The Kier molecular flexibility index (Phi) is 8.68. The third-order valence-electron chi connectivity index (χ3n) is 6.40. The molecule has 1 aromatic heterocycles. The average molecular weight is 618 g/mol. The second kappa shape index (κ2) is 12.3. The number of nitrogens with one attached hydrogen (secondary N) is 1. The van der Waals surface area contributed by atoms with Gasteiger partial charge in [-0.2, -0.15) is 17.5 Å². The number of sulfonamides is 1. The fourth-order valence-corrected chi connectivity index (χ4v) is 6.59. The highest BCUT2D eigenvalue weighted by molar-refractivity contribution is 7.99. The van der Waals surface area contributed by atoms with E-state index in [0.717, 1.165) is 29.5 Å². The van der Waals surface area contributed by atoms with E-state index in [9.17, 15) is 26.4 Å². The second-order valence-corrected chi connectivity index (χ2v) is 12.3. The number of aryl methyl sites for hydroxylation is 1. The Morgan fingerprint density at radius 1 is 1.00 bits per heavy atom. The van der Waals surface area contributed by atoms with Gasteiger partial charge in [-0.15, -0.1) is 10.2 Å². The molecule has 4 aromatic rings. The standard InChI is InChI=1S/C28H26F3N5O4S2/c1-19-5-2-8-22(15-19)32-25(37)18-41-27-34-33-26(36(27)23-9-4-7-21(17-23)28(29,30)31)20-6-3-10-24(16-20)42(38,39)35-11-13-40-14-12-35/h2-10,15-17H,11-14,18H2,1H3,(H,32,37). The lowest BCUT2D eigenvalue weighted by Crippen LogP contribution is -2.40. The molecule has 220 valence electrons. The summed E-state index contributed by atoms with van der Waals surface area (Å²) < 4.78 is 75.4. The Bertz CT molecular complexity index is 1700. The monoisotopic (exact) mass is 617 g/mol. The number of aromatic nitrogens is 3. The normalized spacial score (nSPS) is 14.6. The first kappa shape index (κ1) is 29.8. The number of benzene rings is 3. The van der Waals surface area contributed by atoms with Crippen LogP contribution in [0.1, 0.15) is 11.1 Å². The molecule has 0 bridgehead atoms. The van der Waals surface area contributed by atoms with E-state index in [2.05, 4.69) is 15.5 Å². The van der Waals surface area contributed by atoms with E-state index >= 15 is 0 Å². The number of thioether (sulfide) groups is 1. The van der Waals surface area contributed by atoms with Crippen molar-refractivity contribution < 1.29 is 31.1 Å². The summed E-state index contributed by atoms with van der Waals surface area (Å²) >= 11 is 0.990. The molecule has 1 N–H and O–H groups in total. The van der Waals surface area contributed by atoms with E-state index < -0.39 is 21.8 Å². The number of alkyl halides is 3. The van der Waals surface area contributed by atoms with Crippen LogP contribution >= 0.6 is 11.8 Å². The minimum Gasteiger partial charge on any atom is -0.379 e. The molecular formula is C28H26F3N5O4S2. The van der Waals surface area contributed by atoms with Crippen molar-refractivity contribution >= 4 is 33.4 Å². The number of nitrogens with zero attached hydrogens (tertiary/aromatic N) is 4. The van der Waals surface area contributed by atoms with Gasteiger partial charge in [-0.25, -0.2) is 8.42 Å². The van der Waals surface area contributed by atoms with Crippen molar-refractivity contribution in [2.45, 2.75) is 23.2 Å². The van der Waals surface area contributed by atoms with Gasteiger partial charge < -0.3 is 10.1 Å². The molecule has 42 heavy (non-hydrogen) atoms. The number of morpholine rings is 1. The molecule has 0 unspecified atom stereocenters. The highest BCUT2D eigenvalue weighted by Gasteiger charge is 2.31. The Hall–Kier alpha value is -3.72. The zero-order chi connectivity index (χ0) is 29.9. The van der Waals surface area contributed by atoms with E-state index in [4.69, 9.17) is 4.74 Å². The van der Waals surface area contributed by atoms with Gasteiger partial charge in [0.05, 0.1) is 35.1 Å². The first-order chi connectivity index (χ1) is 20.0. The third-order valence-corrected chi connectivity index (χ3v) is 9.22. The van der Waals surface area contributed by atoms with Crippen LogP contribution in [-0.4, -0.2) is 65.5 Å². The molecule has 0 spiro atoms. The molecule has 1 saturated heterocycles. The van der Waals surface area contributed by atoms with Gasteiger partial charge in [-0.1, -0.05) is 42.1 Å². The number of hydrogen-bond acceptors (Lipinski definition) is 7. The summed E-state index contributed by atoms with van der Waals surface area (Å²) in [5.41, 5.74) is 1.13. The Balaban J connectivity index is 1.51. The van der Waals surface area contributed by atoms with Crippen LogP contribution in [0.2, 0.25) is 0 Å². The number of carbonyl (C=O) groups is 1. The van der Waals surface area contributed by atoms with E-state index in [0.29, 0.717) is 11.3 Å². The number of anilines is 1. The number of amides is 1. The van der Waals surface area contributed by atoms with Gasteiger partial charge in [-0.05, 0) is 55.0 Å². The average Bonchev–Trinajstić information content (AvgIpc) is 3.40. The number of rotatable bonds is 8. The maximum Gasteiger partial charge on any atom is 0.416 e. The fourth-order valence-electron chi connectivity index (χ4n) is 4.39. The maximum absolute atomic E-state index is 13.6. The van der Waals surface area contributed by atoms with Crippen LogP contribution in [0.3, 0.4) is 0 Å². The molecule has 0 radical (unpaired) electrons. The Labute approximate surface area is 244 Å². The largest absolute Gasteiger partial charge is 0.416 e. The molecule has 0 saturated carbocycles. The highest BCUT2D eigenvalue weighted by Crippen LogP contribution is 2.34. The number of carbonyl (C=O) groups excluding carboxylic acids is 1. The van der Waals surface area contributed by atoms with Crippen molar-refractivity contribution in [3.63, 3.8) is 0 Å². The lowest BCUT2D eigenvalue weighted by atomic mass is 10.1. The predicted octanol–water partition coefficient (Wildman–Crippen LogP) is 5.01. The maximum atomic E-state index is 13.6. The van der Waals surface area contributed by atoms with Gasteiger partial charge >= 0.3 is 6.18 Å². The van der Waals surface area contributed by atoms with E-state index in [1.165, 1.54) is 39.2 Å². The topological polar surface area (TPSA) is 106 Å². The number of ether oxygens (including phenoxy) is 1. The summed E-state index contributed by atoms with van der Waals surface area (Å²) in [5, 5.41) is 11.3. The van der Waals surface area contributed by atoms with Crippen LogP contribution < -0.4 is 5.32 Å². The fraction of sp³-hybridized carbons (Fsp3) is 0.250. The summed E-state index contributed by atoms with van der Waals surface area (Å²) in [6.45, 7) is 2.86. The lowest BCUT2D eigenvalue weighted by molar-refractivity contribution is -0.137. The van der Waals surface area contributed by atoms with Crippen molar-refractivity contribution in [1.29, 1.82) is 0 Å².